The Balaban J connectivity index is 2.51. The monoisotopic (exact) mass is 215 g/mol. The molecule has 3 rings (SSSR count). The first-order chi connectivity index (χ1) is 7.79. The van der Waals surface area contributed by atoms with Gasteiger partial charge in [0.15, 0.2) is 0 Å². The number of hydrogen-bond donors (Lipinski definition) is 1. The topological polar surface area (TPSA) is 43.3 Å². The summed E-state index contributed by atoms with van der Waals surface area (Å²) in [6.45, 7) is 0.359. The van der Waals surface area contributed by atoms with E-state index >= 15 is 0 Å². The molecule has 0 atom stereocenters. The number of rotatable bonds is 1. The van der Waals surface area contributed by atoms with Crippen LogP contribution in [0.3, 0.4) is 0 Å². The van der Waals surface area contributed by atoms with E-state index in [1.54, 1.807) is 10.5 Å². The quantitative estimate of drug-likeness (QED) is 0.675. The Bertz CT molecular complexity index is 672. The van der Waals surface area contributed by atoms with Crippen LogP contribution in [-0.2, 0) is 6.54 Å². The van der Waals surface area contributed by atoms with Crippen LogP contribution in [0.5, 0.6) is 0 Å². The molecule has 2 N–H and O–H groups in total. The van der Waals surface area contributed by atoms with Crippen molar-refractivity contribution in [2.45, 2.75) is 6.54 Å². The number of hydrogen-bond acceptors (Lipinski definition) is 2. The predicted octanol–water partition coefficient (Wildman–Crippen LogP) is 2.09. The Morgan fingerprint density at radius 1 is 1.31 bits per heavy atom. The molecule has 0 unspecified atom stereocenters. The minimum absolute atomic E-state index is 0.253. The molecule has 1 aromatic carbocycles. The first-order valence-electron chi connectivity index (χ1n) is 5.04. The molecular weight excluding hydrogens is 205 g/mol. The number of nitrogens with zero attached hydrogens (tertiary/aromatic N) is 2. The number of benzene rings is 1. The van der Waals surface area contributed by atoms with Crippen molar-refractivity contribution >= 4 is 16.4 Å². The Kier molecular flexibility index (Phi) is 1.91. The molecule has 0 amide bonds. The van der Waals surface area contributed by atoms with Gasteiger partial charge in [0.2, 0.25) is 0 Å². The highest BCUT2D eigenvalue weighted by atomic mass is 19.1. The highest BCUT2D eigenvalue weighted by molar-refractivity contribution is 5.94. The molecule has 0 aliphatic heterocycles. The van der Waals surface area contributed by atoms with E-state index in [2.05, 4.69) is 4.98 Å². The third-order valence-electron chi connectivity index (χ3n) is 2.68. The van der Waals surface area contributed by atoms with Crippen LogP contribution in [0.15, 0.2) is 36.7 Å². The number of nitrogens with two attached hydrogens (primary N) is 1. The second-order valence-electron chi connectivity index (χ2n) is 3.69. The van der Waals surface area contributed by atoms with E-state index in [1.807, 2.05) is 24.5 Å². The van der Waals surface area contributed by atoms with Gasteiger partial charge in [-0.3, -0.25) is 0 Å². The molecule has 2 heterocycles. The van der Waals surface area contributed by atoms with E-state index in [9.17, 15) is 4.39 Å². The fourth-order valence-corrected chi connectivity index (χ4v) is 1.92. The van der Waals surface area contributed by atoms with E-state index < -0.39 is 0 Å². The molecule has 0 radical (unpaired) electrons. The van der Waals surface area contributed by atoms with Crippen LogP contribution in [0.2, 0.25) is 0 Å². The smallest absolute Gasteiger partial charge is 0.147 e. The van der Waals surface area contributed by atoms with Gasteiger partial charge in [-0.1, -0.05) is 12.1 Å². The third-order valence-corrected chi connectivity index (χ3v) is 2.68. The van der Waals surface area contributed by atoms with Crippen molar-refractivity contribution in [2.75, 3.05) is 0 Å². The lowest BCUT2D eigenvalue weighted by atomic mass is 10.1. The van der Waals surface area contributed by atoms with Crippen LogP contribution >= 0.6 is 0 Å². The predicted molar refractivity (Wildman–Crippen MR) is 60.5 cm³/mol. The molecule has 0 bridgehead atoms. The maximum Gasteiger partial charge on any atom is 0.147 e. The number of fused-ring (bicyclic) bond motifs is 3. The minimum atomic E-state index is -0.253. The Labute approximate surface area is 91.3 Å². The first-order valence-corrected chi connectivity index (χ1v) is 5.04. The highest BCUT2D eigenvalue weighted by Crippen LogP contribution is 2.22. The Morgan fingerprint density at radius 3 is 3.00 bits per heavy atom. The van der Waals surface area contributed by atoms with Gasteiger partial charge in [0.05, 0.1) is 11.1 Å². The summed E-state index contributed by atoms with van der Waals surface area (Å²) < 4.78 is 15.5. The summed E-state index contributed by atoms with van der Waals surface area (Å²) in [6, 6.07) is 6.88. The molecule has 0 saturated heterocycles. The minimum Gasteiger partial charge on any atom is -0.325 e. The zero-order valence-electron chi connectivity index (χ0n) is 8.52. The maximum absolute atomic E-state index is 13.7. The second-order valence-corrected chi connectivity index (χ2v) is 3.69. The molecular formula is C12H10FN3. The standard InChI is InChI=1S/C12H10FN3/c13-10-3-1-2-8-4-5-16-7-9(6-14)15-12(16)11(8)10/h1-5,7H,6,14H2. The molecule has 0 saturated carbocycles. The average molecular weight is 215 g/mol. The molecule has 0 aliphatic carbocycles. The van der Waals surface area contributed by atoms with Crippen LogP contribution < -0.4 is 5.73 Å². The summed E-state index contributed by atoms with van der Waals surface area (Å²) >= 11 is 0. The summed E-state index contributed by atoms with van der Waals surface area (Å²) in [5.74, 6) is -0.253. The first kappa shape index (κ1) is 9.30. The summed E-state index contributed by atoms with van der Waals surface area (Å²) in [7, 11) is 0. The van der Waals surface area contributed by atoms with Crippen molar-refractivity contribution in [3.63, 3.8) is 0 Å². The van der Waals surface area contributed by atoms with Gasteiger partial charge in [-0.25, -0.2) is 9.37 Å². The lowest BCUT2D eigenvalue weighted by Gasteiger charge is -2.00. The maximum atomic E-state index is 13.7. The van der Waals surface area contributed by atoms with Gasteiger partial charge >= 0.3 is 0 Å². The zero-order chi connectivity index (χ0) is 11.1. The summed E-state index contributed by atoms with van der Waals surface area (Å²) in [6.07, 6.45) is 3.68. The SMILES string of the molecule is NCc1cn2ccc3cccc(F)c3c2n1. The lowest BCUT2D eigenvalue weighted by Crippen LogP contribution is -1.95. The van der Waals surface area contributed by atoms with E-state index in [4.69, 9.17) is 5.73 Å². The van der Waals surface area contributed by atoms with Crippen LogP contribution in [-0.4, -0.2) is 9.38 Å². The van der Waals surface area contributed by atoms with Crippen molar-refractivity contribution in [2.24, 2.45) is 5.73 Å². The molecule has 0 aliphatic rings. The van der Waals surface area contributed by atoms with Crippen LogP contribution in [0.4, 0.5) is 4.39 Å². The van der Waals surface area contributed by atoms with Gasteiger partial charge in [-0.2, -0.15) is 0 Å². The van der Waals surface area contributed by atoms with Gasteiger partial charge < -0.3 is 10.1 Å². The molecule has 3 aromatic rings. The lowest BCUT2D eigenvalue weighted by molar-refractivity contribution is 0.640. The van der Waals surface area contributed by atoms with E-state index in [1.165, 1.54) is 6.07 Å². The number of halogens is 1. The van der Waals surface area contributed by atoms with Crippen LogP contribution in [0, 0.1) is 5.82 Å². The molecule has 0 fully saturated rings. The molecule has 80 valence electrons. The highest BCUT2D eigenvalue weighted by Gasteiger charge is 2.08. The fraction of sp³-hybridized carbons (Fsp3) is 0.0833. The van der Waals surface area contributed by atoms with Gasteiger partial charge in [0.1, 0.15) is 11.5 Å². The summed E-state index contributed by atoms with van der Waals surface area (Å²) in [5.41, 5.74) is 6.91. The molecule has 3 nitrogen and oxygen atoms in total. The van der Waals surface area contributed by atoms with E-state index in [0.29, 0.717) is 17.6 Å². The van der Waals surface area contributed by atoms with Gasteiger partial charge in [-0.15, -0.1) is 0 Å². The number of pyridine rings is 1. The Morgan fingerprint density at radius 2 is 2.19 bits per heavy atom. The summed E-state index contributed by atoms with van der Waals surface area (Å²) in [5, 5.41) is 1.39. The van der Waals surface area contributed by atoms with Crippen LogP contribution in [0.1, 0.15) is 5.69 Å². The van der Waals surface area contributed by atoms with Gasteiger partial charge in [0, 0.05) is 18.9 Å². The molecule has 0 spiro atoms. The van der Waals surface area contributed by atoms with Crippen molar-refractivity contribution in [3.8, 4) is 0 Å². The Hall–Kier alpha value is -1.94. The number of imidazole rings is 1. The van der Waals surface area contributed by atoms with Crippen molar-refractivity contribution in [1.29, 1.82) is 0 Å². The largest absolute Gasteiger partial charge is 0.325 e. The van der Waals surface area contributed by atoms with Crippen molar-refractivity contribution < 1.29 is 4.39 Å². The van der Waals surface area contributed by atoms with Crippen LogP contribution in [0.25, 0.3) is 16.4 Å². The van der Waals surface area contributed by atoms with Crippen molar-refractivity contribution in [1.82, 2.24) is 9.38 Å². The molecule has 2 aromatic heterocycles. The second kappa shape index (κ2) is 3.28. The summed E-state index contributed by atoms with van der Waals surface area (Å²) in [4.78, 5) is 4.32. The van der Waals surface area contributed by atoms with E-state index in [0.717, 1.165) is 11.1 Å². The molecule has 16 heavy (non-hydrogen) atoms. The van der Waals surface area contributed by atoms with E-state index in [-0.39, 0.29) is 5.82 Å². The fourth-order valence-electron chi connectivity index (χ4n) is 1.92. The van der Waals surface area contributed by atoms with Gasteiger partial charge in [0.25, 0.3) is 0 Å². The normalized spacial score (nSPS) is 11.4. The zero-order valence-corrected chi connectivity index (χ0v) is 8.52. The average Bonchev–Trinajstić information content (AvgIpc) is 2.72. The van der Waals surface area contributed by atoms with Gasteiger partial charge in [-0.05, 0) is 17.5 Å². The number of aromatic nitrogens is 2. The van der Waals surface area contributed by atoms with Crippen molar-refractivity contribution in [3.05, 3.63) is 48.2 Å². The third kappa shape index (κ3) is 1.20. The molecule has 4 heteroatoms.